The molecule has 152 valence electrons. The lowest BCUT2D eigenvalue weighted by molar-refractivity contribution is 0.378. The zero-order chi connectivity index (χ0) is 18.0. The van der Waals surface area contributed by atoms with Gasteiger partial charge in [0.25, 0.3) is 0 Å². The number of hydrogen-bond acceptors (Lipinski definition) is 9. The normalized spacial score (nSPS) is 10.1. The van der Waals surface area contributed by atoms with E-state index in [9.17, 15) is 0 Å². The summed E-state index contributed by atoms with van der Waals surface area (Å²) in [5.74, 6) is 0. The van der Waals surface area contributed by atoms with Crippen LogP contribution in [0.1, 0.15) is 0 Å². The van der Waals surface area contributed by atoms with Gasteiger partial charge < -0.3 is 6.15 Å². The summed E-state index contributed by atoms with van der Waals surface area (Å²) in [5.41, 5.74) is 0. The van der Waals surface area contributed by atoms with Crippen LogP contribution < -0.4 is 6.15 Å². The Morgan fingerprint density at radius 2 is 0.391 bits per heavy atom. The fourth-order valence-electron chi connectivity index (χ4n) is 0. The molecule has 11 N–H and O–H groups in total. The van der Waals surface area contributed by atoms with E-state index >= 15 is 0 Å². The van der Waals surface area contributed by atoms with Crippen LogP contribution in [0, 0.1) is 0 Å². The topological polar surface area (TPSA) is 333 Å². The van der Waals surface area contributed by atoms with Gasteiger partial charge in [-0.3, -0.25) is 36.4 Å². The molecule has 17 nitrogen and oxygen atoms in total. The maximum atomic E-state index is 8.74. The first-order chi connectivity index (χ1) is 8.00. The van der Waals surface area contributed by atoms with E-state index in [1.54, 1.807) is 0 Å². The zero-order valence-electron chi connectivity index (χ0n) is 10.4. The highest BCUT2D eigenvalue weighted by molar-refractivity contribution is 7.80. The van der Waals surface area contributed by atoms with Gasteiger partial charge in [0.05, 0.1) is 0 Å². The molecule has 0 aliphatic heterocycles. The lowest BCUT2D eigenvalue weighted by Gasteiger charge is -1.68. The highest BCUT2D eigenvalue weighted by atomic mass is 32.3. The molecule has 0 aliphatic rings. The van der Waals surface area contributed by atoms with Gasteiger partial charge in [0.15, 0.2) is 0 Å². The van der Waals surface area contributed by atoms with Gasteiger partial charge >= 0.3 is 41.6 Å². The van der Waals surface area contributed by atoms with E-state index in [1.807, 2.05) is 0 Å². The minimum Gasteiger partial charge on any atom is -0.344 e. The summed E-state index contributed by atoms with van der Waals surface area (Å²) in [7, 11) is -18.7. The summed E-state index contributed by atoms with van der Waals surface area (Å²) < 4.78 is 126. The highest BCUT2D eigenvalue weighted by Crippen LogP contribution is 1.60. The van der Waals surface area contributed by atoms with Crippen molar-refractivity contribution in [2.75, 3.05) is 0 Å². The van der Waals surface area contributed by atoms with Crippen LogP contribution in [0.2, 0.25) is 0 Å². The van der Waals surface area contributed by atoms with E-state index in [0.717, 1.165) is 0 Å². The van der Waals surface area contributed by atoms with E-state index < -0.39 is 41.6 Å². The second-order valence-corrected chi connectivity index (χ2v) is 5.37. The summed E-state index contributed by atoms with van der Waals surface area (Å²) in [6.07, 6.45) is 0. The Morgan fingerprint density at radius 1 is 0.391 bits per heavy atom. The van der Waals surface area contributed by atoms with Crippen molar-refractivity contribution in [1.82, 2.24) is 6.15 Å². The molecule has 0 aromatic carbocycles. The van der Waals surface area contributed by atoms with Gasteiger partial charge in [-0.2, -0.15) is 57.1 Å². The van der Waals surface area contributed by atoms with Crippen LogP contribution in [0.25, 0.3) is 0 Å². The fraction of sp³-hybridized carbons (Fsp3) is 0. The molecule has 0 saturated heterocycles. The molecule has 0 aromatic rings. The predicted octanol–water partition coefficient (Wildman–Crippen LogP) is -2.28. The fourth-order valence-corrected chi connectivity index (χ4v) is 0. The van der Waals surface area contributed by atoms with E-state index in [2.05, 4.69) is 0 Å². The van der Waals surface area contributed by atoms with E-state index in [4.69, 9.17) is 70.1 Å². The van der Waals surface area contributed by atoms with Crippen LogP contribution in [0.3, 0.4) is 0 Å². The number of hydrogen-bond donors (Lipinski definition) is 9. The molecule has 0 fully saturated rings. The van der Waals surface area contributed by atoms with E-state index in [0.29, 0.717) is 0 Å². The molecule has 1 atom stereocenters. The Bertz CT molecular complexity index is 481. The summed E-state index contributed by atoms with van der Waals surface area (Å²) in [4.78, 5) is 0. The molecule has 0 radical (unpaired) electrons. The van der Waals surface area contributed by atoms with E-state index in [-0.39, 0.29) is 29.5 Å². The Kier molecular flexibility index (Phi) is 32.3. The standard InChI is InChI=1S/H3N.4H2O4S.H3P.H2S/c;4*1-5(2,3)4;;/h1H3;4*(H2,1,2,3,4);1H3;1H2. The smallest absolute Gasteiger partial charge is 0.344 e. The van der Waals surface area contributed by atoms with Crippen LogP contribution in [0.5, 0.6) is 0 Å². The van der Waals surface area contributed by atoms with Gasteiger partial charge in [-0.15, -0.1) is 0 Å². The lowest BCUT2D eigenvalue weighted by Crippen LogP contribution is -1.89. The van der Waals surface area contributed by atoms with Crippen molar-refractivity contribution in [3.63, 3.8) is 0 Å². The number of rotatable bonds is 0. The molecular formula is H16NO16PS5. The summed E-state index contributed by atoms with van der Waals surface area (Å²) >= 11 is 0. The molecule has 1 unspecified atom stereocenters. The first kappa shape index (κ1) is 43.6. The largest absolute Gasteiger partial charge is 0.394 e. The van der Waals surface area contributed by atoms with Crippen LogP contribution in [0.4, 0.5) is 0 Å². The minimum atomic E-state index is -4.67. The molecule has 23 heteroatoms. The highest BCUT2D eigenvalue weighted by Gasteiger charge is 1.86. The summed E-state index contributed by atoms with van der Waals surface area (Å²) in [5, 5.41) is 0. The van der Waals surface area contributed by atoms with Crippen LogP contribution in [0.15, 0.2) is 0 Å². The Hall–Kier alpha value is 0.220. The molecule has 0 aromatic heterocycles. The van der Waals surface area contributed by atoms with Gasteiger partial charge in [0.1, 0.15) is 0 Å². The third-order valence-electron chi connectivity index (χ3n) is 0. The molecule has 0 rings (SSSR count). The van der Waals surface area contributed by atoms with Crippen molar-refractivity contribution in [1.29, 1.82) is 0 Å². The molecule has 0 aliphatic carbocycles. The molecule has 0 amide bonds. The van der Waals surface area contributed by atoms with Crippen LogP contribution >= 0.6 is 23.4 Å². The molecule has 0 spiro atoms. The summed E-state index contributed by atoms with van der Waals surface area (Å²) in [6, 6.07) is 0. The summed E-state index contributed by atoms with van der Waals surface area (Å²) in [6.45, 7) is 0. The molecule has 0 heterocycles. The SMILES string of the molecule is N.O=S(=O)(O)O.O=S(=O)(O)O.O=S(=O)(O)O.O=S(=O)(O)O.P.S. The maximum Gasteiger partial charge on any atom is 0.394 e. The van der Waals surface area contributed by atoms with Crippen molar-refractivity contribution in [2.45, 2.75) is 0 Å². The quantitative estimate of drug-likeness (QED) is 0.131. The van der Waals surface area contributed by atoms with E-state index in [1.165, 1.54) is 0 Å². The van der Waals surface area contributed by atoms with Crippen molar-refractivity contribution in [2.24, 2.45) is 0 Å². The van der Waals surface area contributed by atoms with Crippen molar-refractivity contribution >= 4 is 65.0 Å². The van der Waals surface area contributed by atoms with Gasteiger partial charge in [-0.1, -0.05) is 0 Å². The second kappa shape index (κ2) is 17.1. The first-order valence-corrected chi connectivity index (χ1v) is 8.38. The molecule has 0 saturated carbocycles. The molecule has 23 heavy (non-hydrogen) atoms. The van der Waals surface area contributed by atoms with Gasteiger partial charge in [0, 0.05) is 0 Å². The first-order valence-electron chi connectivity index (χ1n) is 2.79. The van der Waals surface area contributed by atoms with Crippen LogP contribution in [-0.4, -0.2) is 70.1 Å². The minimum absolute atomic E-state index is 0. The zero-order valence-corrected chi connectivity index (χ0v) is 16.1. The maximum absolute atomic E-state index is 8.74. The molecular weight excluding hydrogens is 461 g/mol. The lowest BCUT2D eigenvalue weighted by atomic mass is 14.0. The van der Waals surface area contributed by atoms with Gasteiger partial charge in [-0.25, -0.2) is 0 Å². The second-order valence-electron chi connectivity index (χ2n) is 1.79. The average molecular weight is 477 g/mol. The Labute approximate surface area is 141 Å². The molecule has 0 bridgehead atoms. The Morgan fingerprint density at radius 3 is 0.391 bits per heavy atom. The third kappa shape index (κ3) is 188000. The Balaban J connectivity index is -0.0000000284. The predicted molar refractivity (Wildman–Crippen MR) is 83.2 cm³/mol. The third-order valence-corrected chi connectivity index (χ3v) is 0. The van der Waals surface area contributed by atoms with Crippen LogP contribution in [-0.2, 0) is 41.6 Å². The van der Waals surface area contributed by atoms with Gasteiger partial charge in [-0.05, 0) is 0 Å². The average Bonchev–Trinajstić information content (AvgIpc) is 1.62. The van der Waals surface area contributed by atoms with Crippen molar-refractivity contribution in [3.8, 4) is 0 Å². The van der Waals surface area contributed by atoms with Gasteiger partial charge in [0.2, 0.25) is 0 Å². The van der Waals surface area contributed by atoms with Crippen molar-refractivity contribution in [3.05, 3.63) is 0 Å². The van der Waals surface area contributed by atoms with Crippen molar-refractivity contribution < 1.29 is 70.1 Å². The monoisotopic (exact) mass is 477 g/mol.